The molecule has 0 unspecified atom stereocenters. The summed E-state index contributed by atoms with van der Waals surface area (Å²) in [6.45, 7) is 6.50. The van der Waals surface area contributed by atoms with Gasteiger partial charge in [-0.25, -0.2) is 0 Å². The van der Waals surface area contributed by atoms with Crippen LogP contribution in [0.15, 0.2) is 36.5 Å². The predicted octanol–water partition coefficient (Wildman–Crippen LogP) is 4.66. The molecule has 0 amide bonds. The molecule has 2 aromatic carbocycles. The summed E-state index contributed by atoms with van der Waals surface area (Å²) in [5.74, 6) is 2.63. The summed E-state index contributed by atoms with van der Waals surface area (Å²) in [6.07, 6.45) is 7.88. The van der Waals surface area contributed by atoms with Gasteiger partial charge in [0.2, 0.25) is 0 Å². The first kappa shape index (κ1) is 22.0. The van der Waals surface area contributed by atoms with Gasteiger partial charge in [0.1, 0.15) is 5.75 Å². The Morgan fingerprint density at radius 2 is 1.79 bits per heavy atom. The largest absolute Gasteiger partial charge is 0.493 e. The van der Waals surface area contributed by atoms with Gasteiger partial charge in [-0.1, -0.05) is 0 Å². The molecule has 1 saturated heterocycles. The van der Waals surface area contributed by atoms with Crippen molar-refractivity contribution >= 4 is 16.6 Å². The molecule has 1 aromatic heterocycles. The molecule has 0 spiro atoms. The minimum Gasteiger partial charge on any atom is -0.493 e. The Kier molecular flexibility index (Phi) is 6.63. The number of hydrogen-bond acceptors (Lipinski definition) is 5. The maximum absolute atomic E-state index is 5.77. The van der Waals surface area contributed by atoms with Crippen LogP contribution in [0.25, 0.3) is 10.9 Å². The third-order valence-electron chi connectivity index (χ3n) is 7.07. The number of ether oxygens (including phenoxy) is 3. The Balaban J connectivity index is 1.09. The van der Waals surface area contributed by atoms with Crippen molar-refractivity contribution in [3.8, 4) is 17.2 Å². The molecule has 2 aliphatic heterocycles. The Bertz CT molecular complexity index is 1090. The Labute approximate surface area is 196 Å². The predicted molar refractivity (Wildman–Crippen MR) is 133 cm³/mol. The smallest absolute Gasteiger partial charge is 0.162 e. The van der Waals surface area contributed by atoms with E-state index in [1.165, 1.54) is 41.6 Å². The molecular weight excluding hydrogens is 414 g/mol. The summed E-state index contributed by atoms with van der Waals surface area (Å²) in [7, 11) is 3.37. The van der Waals surface area contributed by atoms with Gasteiger partial charge in [0.05, 0.1) is 20.8 Å². The lowest BCUT2D eigenvalue weighted by molar-refractivity contribution is 0.253. The minimum absolute atomic E-state index is 0.765. The fourth-order valence-electron chi connectivity index (χ4n) is 5.14. The van der Waals surface area contributed by atoms with Crippen LogP contribution in [0, 0.1) is 0 Å². The molecule has 3 heterocycles. The molecular formula is C27H35N3O3. The second-order valence-electron chi connectivity index (χ2n) is 9.10. The van der Waals surface area contributed by atoms with Gasteiger partial charge in [-0.15, -0.1) is 0 Å². The van der Waals surface area contributed by atoms with E-state index < -0.39 is 0 Å². The molecule has 0 aliphatic carbocycles. The van der Waals surface area contributed by atoms with Crippen molar-refractivity contribution in [3.63, 3.8) is 0 Å². The lowest BCUT2D eigenvalue weighted by Gasteiger charge is -2.36. The molecule has 176 valence electrons. The van der Waals surface area contributed by atoms with Gasteiger partial charge in [-0.05, 0) is 74.0 Å². The lowest BCUT2D eigenvalue weighted by Crippen LogP contribution is -2.46. The second-order valence-corrected chi connectivity index (χ2v) is 9.10. The van der Waals surface area contributed by atoms with Gasteiger partial charge < -0.3 is 24.1 Å². The molecule has 5 rings (SSSR count). The number of anilines is 1. The van der Waals surface area contributed by atoms with Crippen LogP contribution in [0.2, 0.25) is 0 Å². The second kappa shape index (κ2) is 9.96. The Morgan fingerprint density at radius 3 is 2.61 bits per heavy atom. The van der Waals surface area contributed by atoms with E-state index in [2.05, 4.69) is 45.2 Å². The standard InChI is InChI=1S/C27H35N3O3/c1-31-26-17-23-21(19-28-24(23)18-27(26)32-2)6-3-4-10-29-11-13-30(14-12-29)22-8-9-25-20(16-22)7-5-15-33-25/h8-9,16-19,28H,3-7,10-15H2,1-2H3. The van der Waals surface area contributed by atoms with Gasteiger partial charge in [0, 0.05) is 55.0 Å². The van der Waals surface area contributed by atoms with Crippen molar-refractivity contribution in [1.29, 1.82) is 0 Å². The van der Waals surface area contributed by atoms with Crippen LogP contribution in [0.5, 0.6) is 17.2 Å². The van der Waals surface area contributed by atoms with E-state index in [0.29, 0.717) is 0 Å². The van der Waals surface area contributed by atoms with Crippen molar-refractivity contribution in [2.45, 2.75) is 32.1 Å². The highest BCUT2D eigenvalue weighted by Gasteiger charge is 2.19. The van der Waals surface area contributed by atoms with Gasteiger partial charge in [0.15, 0.2) is 11.5 Å². The zero-order chi connectivity index (χ0) is 22.6. The van der Waals surface area contributed by atoms with Crippen LogP contribution in [0.3, 0.4) is 0 Å². The zero-order valence-electron chi connectivity index (χ0n) is 19.9. The number of aromatic nitrogens is 1. The van der Waals surface area contributed by atoms with E-state index in [1.54, 1.807) is 14.2 Å². The first-order valence-corrected chi connectivity index (χ1v) is 12.2. The van der Waals surface area contributed by atoms with Crippen molar-refractivity contribution in [2.75, 3.05) is 58.5 Å². The van der Waals surface area contributed by atoms with Crippen molar-refractivity contribution < 1.29 is 14.2 Å². The molecule has 33 heavy (non-hydrogen) atoms. The Hall–Kier alpha value is -2.86. The zero-order valence-corrected chi connectivity index (χ0v) is 19.9. The highest BCUT2D eigenvalue weighted by atomic mass is 16.5. The summed E-state index contributed by atoms with van der Waals surface area (Å²) in [4.78, 5) is 8.52. The number of methoxy groups -OCH3 is 2. The number of hydrogen-bond donors (Lipinski definition) is 1. The third-order valence-corrected chi connectivity index (χ3v) is 7.07. The van der Waals surface area contributed by atoms with Crippen LogP contribution < -0.4 is 19.1 Å². The minimum atomic E-state index is 0.765. The molecule has 6 nitrogen and oxygen atoms in total. The van der Waals surface area contributed by atoms with Crippen LogP contribution in [0.1, 0.15) is 30.4 Å². The maximum Gasteiger partial charge on any atom is 0.162 e. The molecule has 2 aliphatic rings. The maximum atomic E-state index is 5.77. The topological polar surface area (TPSA) is 50.0 Å². The normalized spacial score (nSPS) is 16.5. The van der Waals surface area contributed by atoms with E-state index in [9.17, 15) is 0 Å². The number of aromatic amines is 1. The number of piperazine rings is 1. The average molecular weight is 450 g/mol. The molecule has 0 saturated carbocycles. The molecule has 3 aromatic rings. The first-order valence-electron chi connectivity index (χ1n) is 12.2. The van der Waals surface area contributed by atoms with Crippen molar-refractivity contribution in [2.24, 2.45) is 0 Å². The molecule has 0 atom stereocenters. The lowest BCUT2D eigenvalue weighted by atomic mass is 10.0. The number of H-pyrrole nitrogens is 1. The summed E-state index contributed by atoms with van der Waals surface area (Å²) in [6, 6.07) is 10.8. The van der Waals surface area contributed by atoms with Gasteiger partial charge >= 0.3 is 0 Å². The van der Waals surface area contributed by atoms with Gasteiger partial charge in [-0.2, -0.15) is 0 Å². The van der Waals surface area contributed by atoms with Crippen LogP contribution in [-0.4, -0.2) is 63.4 Å². The number of benzene rings is 2. The molecule has 0 radical (unpaired) electrons. The van der Waals surface area contributed by atoms with Crippen LogP contribution in [-0.2, 0) is 12.8 Å². The van der Waals surface area contributed by atoms with E-state index >= 15 is 0 Å². The monoisotopic (exact) mass is 449 g/mol. The summed E-state index contributed by atoms with van der Waals surface area (Å²) >= 11 is 0. The van der Waals surface area contributed by atoms with E-state index in [4.69, 9.17) is 14.2 Å². The fourth-order valence-corrected chi connectivity index (χ4v) is 5.14. The van der Waals surface area contributed by atoms with Crippen LogP contribution >= 0.6 is 0 Å². The van der Waals surface area contributed by atoms with E-state index in [-0.39, 0.29) is 0 Å². The fraction of sp³-hybridized carbons (Fsp3) is 0.481. The van der Waals surface area contributed by atoms with E-state index in [0.717, 1.165) is 74.8 Å². The highest BCUT2D eigenvalue weighted by Crippen LogP contribution is 2.34. The van der Waals surface area contributed by atoms with Gasteiger partial charge in [0.25, 0.3) is 0 Å². The van der Waals surface area contributed by atoms with Gasteiger partial charge in [-0.3, -0.25) is 4.90 Å². The van der Waals surface area contributed by atoms with Crippen LogP contribution in [0.4, 0.5) is 5.69 Å². The quantitative estimate of drug-likeness (QED) is 0.507. The Morgan fingerprint density at radius 1 is 0.970 bits per heavy atom. The highest BCUT2D eigenvalue weighted by molar-refractivity contribution is 5.86. The summed E-state index contributed by atoms with van der Waals surface area (Å²) in [5.41, 5.74) is 5.18. The molecule has 0 bridgehead atoms. The summed E-state index contributed by atoms with van der Waals surface area (Å²) < 4.78 is 16.7. The number of unbranched alkanes of at least 4 members (excludes halogenated alkanes) is 1. The first-order chi connectivity index (χ1) is 16.2. The number of fused-ring (bicyclic) bond motifs is 2. The molecule has 1 fully saturated rings. The number of rotatable bonds is 8. The summed E-state index contributed by atoms with van der Waals surface area (Å²) in [5, 5.41) is 1.23. The van der Waals surface area contributed by atoms with Crippen molar-refractivity contribution in [3.05, 3.63) is 47.7 Å². The number of nitrogens with one attached hydrogen (secondary N) is 1. The average Bonchev–Trinajstić information content (AvgIpc) is 3.27. The SMILES string of the molecule is COc1cc2[nH]cc(CCCCN3CCN(c4ccc5c(c4)CCCO5)CC3)c2cc1OC. The third kappa shape index (κ3) is 4.76. The van der Waals surface area contributed by atoms with E-state index in [1.807, 2.05) is 6.07 Å². The number of nitrogens with zero attached hydrogens (tertiary/aromatic N) is 2. The van der Waals surface area contributed by atoms with Crippen molar-refractivity contribution in [1.82, 2.24) is 9.88 Å². The molecule has 6 heteroatoms. The molecule has 1 N–H and O–H groups in total. The number of aryl methyl sites for hydroxylation is 2.